The minimum atomic E-state index is -0.377. The van der Waals surface area contributed by atoms with Gasteiger partial charge in [0.25, 0.3) is 5.91 Å². The number of aromatic nitrogens is 4. The van der Waals surface area contributed by atoms with Crippen molar-refractivity contribution in [1.82, 2.24) is 25.5 Å². The molecule has 0 atom stereocenters. The van der Waals surface area contributed by atoms with E-state index in [0.29, 0.717) is 18.7 Å². The van der Waals surface area contributed by atoms with Crippen LogP contribution in [0.4, 0.5) is 4.39 Å². The van der Waals surface area contributed by atoms with E-state index < -0.39 is 0 Å². The largest absolute Gasteiger partial charge is 0.351 e. The standard InChI is InChI=1S/C19H20FN5O/c1-19(2,16-4-3-5-17(20)10-16)12-21-18(26)15-8-6-14(7-9-15)11-25-13-22-23-24-25/h3-10,13H,11-12H2,1-2H3,(H,21,26). The predicted molar refractivity (Wildman–Crippen MR) is 95.1 cm³/mol. The summed E-state index contributed by atoms with van der Waals surface area (Å²) >= 11 is 0. The summed E-state index contributed by atoms with van der Waals surface area (Å²) in [6.45, 7) is 4.89. The fourth-order valence-electron chi connectivity index (χ4n) is 2.62. The van der Waals surface area contributed by atoms with E-state index in [1.165, 1.54) is 18.5 Å². The van der Waals surface area contributed by atoms with Gasteiger partial charge >= 0.3 is 0 Å². The highest BCUT2D eigenvalue weighted by molar-refractivity contribution is 5.94. The molecule has 2 aromatic carbocycles. The van der Waals surface area contributed by atoms with Crippen LogP contribution in [0, 0.1) is 5.82 Å². The molecule has 0 aliphatic rings. The third kappa shape index (κ3) is 4.30. The summed E-state index contributed by atoms with van der Waals surface area (Å²) in [5, 5.41) is 13.9. The van der Waals surface area contributed by atoms with Gasteiger partial charge in [0.15, 0.2) is 0 Å². The quantitative estimate of drug-likeness (QED) is 0.739. The average molecular weight is 353 g/mol. The smallest absolute Gasteiger partial charge is 0.251 e. The number of carbonyl (C=O) groups is 1. The molecule has 6 nitrogen and oxygen atoms in total. The van der Waals surface area contributed by atoms with Crippen LogP contribution in [0.1, 0.15) is 35.3 Å². The van der Waals surface area contributed by atoms with Crippen LogP contribution < -0.4 is 5.32 Å². The van der Waals surface area contributed by atoms with Crippen LogP contribution >= 0.6 is 0 Å². The zero-order valence-corrected chi connectivity index (χ0v) is 14.7. The minimum Gasteiger partial charge on any atom is -0.351 e. The number of halogens is 1. The molecular weight excluding hydrogens is 333 g/mol. The number of tetrazole rings is 1. The number of hydrogen-bond donors (Lipinski definition) is 1. The molecule has 0 saturated heterocycles. The van der Waals surface area contributed by atoms with E-state index in [1.807, 2.05) is 32.0 Å². The van der Waals surface area contributed by atoms with E-state index in [-0.39, 0.29) is 17.1 Å². The van der Waals surface area contributed by atoms with E-state index in [2.05, 4.69) is 20.8 Å². The van der Waals surface area contributed by atoms with Crippen molar-refractivity contribution in [2.24, 2.45) is 0 Å². The van der Waals surface area contributed by atoms with Gasteiger partial charge in [0, 0.05) is 17.5 Å². The van der Waals surface area contributed by atoms with Gasteiger partial charge in [-0.3, -0.25) is 4.79 Å². The second-order valence-electron chi connectivity index (χ2n) is 6.78. The SMILES string of the molecule is CC(C)(CNC(=O)c1ccc(Cn2cnnn2)cc1)c1cccc(F)c1. The number of carbonyl (C=O) groups excluding carboxylic acids is 1. The molecule has 1 aromatic heterocycles. The predicted octanol–water partition coefficient (Wildman–Crippen LogP) is 2.57. The van der Waals surface area contributed by atoms with Crippen LogP contribution in [-0.4, -0.2) is 32.7 Å². The average Bonchev–Trinajstić information content (AvgIpc) is 3.13. The normalized spacial score (nSPS) is 11.3. The van der Waals surface area contributed by atoms with Crippen molar-refractivity contribution in [2.45, 2.75) is 25.8 Å². The second-order valence-corrected chi connectivity index (χ2v) is 6.78. The number of rotatable bonds is 6. The molecule has 0 fully saturated rings. The van der Waals surface area contributed by atoms with Crippen molar-refractivity contribution in [3.63, 3.8) is 0 Å². The first-order valence-corrected chi connectivity index (χ1v) is 8.28. The van der Waals surface area contributed by atoms with Crippen molar-refractivity contribution in [3.8, 4) is 0 Å². The lowest BCUT2D eigenvalue weighted by Gasteiger charge is -2.25. The zero-order valence-electron chi connectivity index (χ0n) is 14.7. The molecule has 0 spiro atoms. The molecule has 3 rings (SSSR count). The third-order valence-electron chi connectivity index (χ3n) is 4.25. The van der Waals surface area contributed by atoms with E-state index in [0.717, 1.165) is 11.1 Å². The Morgan fingerprint density at radius 2 is 1.96 bits per heavy atom. The molecule has 0 aliphatic heterocycles. The monoisotopic (exact) mass is 353 g/mol. The van der Waals surface area contributed by atoms with Gasteiger partial charge < -0.3 is 5.32 Å². The molecule has 7 heteroatoms. The number of amides is 1. The molecule has 0 unspecified atom stereocenters. The number of benzene rings is 2. The minimum absolute atomic E-state index is 0.163. The third-order valence-corrected chi connectivity index (χ3v) is 4.25. The van der Waals surface area contributed by atoms with Crippen molar-refractivity contribution in [2.75, 3.05) is 6.54 Å². The Hall–Kier alpha value is -3.09. The molecule has 0 aliphatic carbocycles. The summed E-state index contributed by atoms with van der Waals surface area (Å²) in [7, 11) is 0. The second kappa shape index (κ2) is 7.43. The number of nitrogens with one attached hydrogen (secondary N) is 1. The molecule has 3 aromatic rings. The van der Waals surface area contributed by atoms with E-state index in [9.17, 15) is 9.18 Å². The van der Waals surface area contributed by atoms with E-state index in [4.69, 9.17) is 0 Å². The lowest BCUT2D eigenvalue weighted by Crippen LogP contribution is -2.36. The molecule has 0 saturated carbocycles. The highest BCUT2D eigenvalue weighted by Gasteiger charge is 2.22. The van der Waals surface area contributed by atoms with Gasteiger partial charge in [0.1, 0.15) is 12.1 Å². The Bertz CT molecular complexity index is 875. The van der Waals surface area contributed by atoms with Crippen molar-refractivity contribution in [3.05, 3.63) is 77.4 Å². The first-order chi connectivity index (χ1) is 12.4. The summed E-state index contributed by atoms with van der Waals surface area (Å²) in [5.74, 6) is -0.441. The summed E-state index contributed by atoms with van der Waals surface area (Å²) < 4.78 is 15.0. The summed E-state index contributed by atoms with van der Waals surface area (Å²) in [6.07, 6.45) is 1.54. The molecule has 1 amide bonds. The van der Waals surface area contributed by atoms with Crippen LogP contribution in [0.15, 0.2) is 54.9 Å². The Morgan fingerprint density at radius 1 is 1.19 bits per heavy atom. The van der Waals surface area contributed by atoms with Gasteiger partial charge in [-0.1, -0.05) is 38.1 Å². The Morgan fingerprint density at radius 3 is 2.62 bits per heavy atom. The van der Waals surface area contributed by atoms with Crippen LogP contribution in [0.2, 0.25) is 0 Å². The first kappa shape index (κ1) is 17.7. The molecule has 0 bridgehead atoms. The number of nitrogens with zero attached hydrogens (tertiary/aromatic N) is 4. The van der Waals surface area contributed by atoms with Crippen LogP contribution in [-0.2, 0) is 12.0 Å². The summed E-state index contributed by atoms with van der Waals surface area (Å²) in [6, 6.07) is 13.7. The maximum absolute atomic E-state index is 13.4. The molecule has 134 valence electrons. The molecule has 1 heterocycles. The topological polar surface area (TPSA) is 72.7 Å². The van der Waals surface area contributed by atoms with E-state index in [1.54, 1.807) is 22.9 Å². The van der Waals surface area contributed by atoms with Gasteiger partial charge in [-0.2, -0.15) is 0 Å². The summed E-state index contributed by atoms with van der Waals surface area (Å²) in [4.78, 5) is 12.4. The van der Waals surface area contributed by atoms with Crippen LogP contribution in [0.25, 0.3) is 0 Å². The zero-order chi connectivity index (χ0) is 18.6. The fraction of sp³-hybridized carbons (Fsp3) is 0.263. The lowest BCUT2D eigenvalue weighted by molar-refractivity contribution is 0.0945. The van der Waals surface area contributed by atoms with E-state index >= 15 is 0 Å². The number of hydrogen-bond acceptors (Lipinski definition) is 4. The van der Waals surface area contributed by atoms with Crippen molar-refractivity contribution in [1.29, 1.82) is 0 Å². The van der Waals surface area contributed by atoms with Crippen LogP contribution in [0.3, 0.4) is 0 Å². The van der Waals surface area contributed by atoms with Gasteiger partial charge in [-0.15, -0.1) is 5.10 Å². The van der Waals surface area contributed by atoms with Gasteiger partial charge in [0.2, 0.25) is 0 Å². The maximum atomic E-state index is 13.4. The molecule has 0 radical (unpaired) electrons. The molecular formula is C19H20FN5O. The van der Waals surface area contributed by atoms with Crippen molar-refractivity contribution < 1.29 is 9.18 Å². The Kier molecular flexibility index (Phi) is 5.06. The molecule has 1 N–H and O–H groups in total. The maximum Gasteiger partial charge on any atom is 0.251 e. The fourth-order valence-corrected chi connectivity index (χ4v) is 2.62. The highest BCUT2D eigenvalue weighted by Crippen LogP contribution is 2.23. The van der Waals surface area contributed by atoms with Gasteiger partial charge in [-0.25, -0.2) is 9.07 Å². The highest BCUT2D eigenvalue weighted by atomic mass is 19.1. The Balaban J connectivity index is 1.61. The Labute approximate surface area is 151 Å². The van der Waals surface area contributed by atoms with Gasteiger partial charge in [-0.05, 0) is 45.8 Å². The van der Waals surface area contributed by atoms with Gasteiger partial charge in [0.05, 0.1) is 6.54 Å². The summed E-state index contributed by atoms with van der Waals surface area (Å²) in [5.41, 5.74) is 2.03. The molecule has 26 heavy (non-hydrogen) atoms. The first-order valence-electron chi connectivity index (χ1n) is 8.28. The van der Waals surface area contributed by atoms with Crippen molar-refractivity contribution >= 4 is 5.91 Å². The van der Waals surface area contributed by atoms with Crippen LogP contribution in [0.5, 0.6) is 0 Å². The lowest BCUT2D eigenvalue weighted by atomic mass is 9.84.